The SMILES string of the molecule is CC(C)(C)c1cc(Cc2ccccc2)n([C@@H]2O[C@H](CO)[C@@H](O)[C@H](O)[C@H]2O)n1. The smallest absolute Gasteiger partial charge is 0.179 e. The van der Waals surface area contributed by atoms with Crippen LogP contribution in [0.2, 0.25) is 0 Å². The Hall–Kier alpha value is -1.77. The van der Waals surface area contributed by atoms with Gasteiger partial charge in [0.05, 0.1) is 12.3 Å². The summed E-state index contributed by atoms with van der Waals surface area (Å²) in [6.07, 6.45) is -5.61. The van der Waals surface area contributed by atoms with E-state index >= 15 is 0 Å². The van der Waals surface area contributed by atoms with Crippen LogP contribution in [0, 0.1) is 0 Å². The maximum atomic E-state index is 10.5. The van der Waals surface area contributed by atoms with Gasteiger partial charge >= 0.3 is 0 Å². The molecule has 1 aliphatic heterocycles. The normalized spacial score (nSPS) is 29.1. The van der Waals surface area contributed by atoms with Crippen molar-refractivity contribution in [3.8, 4) is 0 Å². The minimum absolute atomic E-state index is 0.217. The third-order valence-corrected chi connectivity index (χ3v) is 4.92. The van der Waals surface area contributed by atoms with Gasteiger partial charge in [0.15, 0.2) is 6.23 Å². The standard InChI is InChI=1S/C20H28N2O5/c1-20(2,3)15-10-13(9-12-7-5-4-6-8-12)22(21-15)19-18(26)17(25)16(24)14(11-23)27-19/h4-8,10,14,16-19,23-26H,9,11H2,1-3H3/t14-,16-,17+,18-,19-/m1/s1. The van der Waals surface area contributed by atoms with Crippen LogP contribution in [-0.4, -0.2) is 61.2 Å². The van der Waals surface area contributed by atoms with Crippen molar-refractivity contribution < 1.29 is 25.2 Å². The zero-order chi connectivity index (χ0) is 19.8. The predicted octanol–water partition coefficient (Wildman–Crippen LogP) is 0.744. The number of hydrogen-bond acceptors (Lipinski definition) is 6. The number of rotatable bonds is 4. The van der Waals surface area contributed by atoms with Crippen LogP contribution in [0.1, 0.15) is 44.0 Å². The molecule has 5 atom stereocenters. The lowest BCUT2D eigenvalue weighted by Crippen LogP contribution is -2.56. The van der Waals surface area contributed by atoms with E-state index in [0.717, 1.165) is 17.0 Å². The molecule has 1 aliphatic rings. The largest absolute Gasteiger partial charge is 0.394 e. The number of aromatic nitrogens is 2. The summed E-state index contributed by atoms with van der Waals surface area (Å²) in [4.78, 5) is 0. The van der Waals surface area contributed by atoms with Crippen LogP contribution in [0.5, 0.6) is 0 Å². The zero-order valence-electron chi connectivity index (χ0n) is 15.9. The molecular weight excluding hydrogens is 348 g/mol. The van der Waals surface area contributed by atoms with Gasteiger partial charge in [-0.2, -0.15) is 5.10 Å². The topological polar surface area (TPSA) is 108 Å². The van der Waals surface area contributed by atoms with Crippen molar-refractivity contribution in [3.63, 3.8) is 0 Å². The zero-order valence-corrected chi connectivity index (χ0v) is 15.9. The highest BCUT2D eigenvalue weighted by molar-refractivity contribution is 5.26. The second kappa shape index (κ2) is 7.69. The highest BCUT2D eigenvalue weighted by atomic mass is 16.6. The van der Waals surface area contributed by atoms with Gasteiger partial charge in [0.2, 0.25) is 0 Å². The molecule has 148 valence electrons. The van der Waals surface area contributed by atoms with E-state index in [9.17, 15) is 20.4 Å². The Morgan fingerprint density at radius 3 is 2.30 bits per heavy atom. The quantitative estimate of drug-likeness (QED) is 0.627. The van der Waals surface area contributed by atoms with Crippen LogP contribution in [0.3, 0.4) is 0 Å². The minimum atomic E-state index is -1.44. The molecule has 1 aromatic heterocycles. The summed E-state index contributed by atoms with van der Waals surface area (Å²) in [5.41, 5.74) is 2.50. The van der Waals surface area contributed by atoms with E-state index in [4.69, 9.17) is 4.74 Å². The molecule has 2 aromatic rings. The first-order chi connectivity index (χ1) is 12.7. The summed E-state index contributed by atoms with van der Waals surface area (Å²) in [7, 11) is 0. The number of ether oxygens (including phenoxy) is 1. The van der Waals surface area contributed by atoms with Crippen molar-refractivity contribution in [3.05, 3.63) is 53.3 Å². The fraction of sp³-hybridized carbons (Fsp3) is 0.550. The molecule has 7 heteroatoms. The van der Waals surface area contributed by atoms with E-state index in [1.165, 1.54) is 0 Å². The molecule has 0 amide bonds. The third-order valence-electron chi connectivity index (χ3n) is 4.92. The van der Waals surface area contributed by atoms with Gasteiger partial charge in [0.1, 0.15) is 24.4 Å². The fourth-order valence-corrected chi connectivity index (χ4v) is 3.24. The molecule has 0 bridgehead atoms. The lowest BCUT2D eigenvalue weighted by Gasteiger charge is -2.40. The molecule has 0 spiro atoms. The average Bonchev–Trinajstić information content (AvgIpc) is 3.05. The molecule has 0 unspecified atom stereocenters. The van der Waals surface area contributed by atoms with Gasteiger partial charge in [0.25, 0.3) is 0 Å². The highest BCUT2D eigenvalue weighted by Gasteiger charge is 2.45. The highest BCUT2D eigenvalue weighted by Crippen LogP contribution is 2.32. The summed E-state index contributed by atoms with van der Waals surface area (Å²) in [6, 6.07) is 11.8. The lowest BCUT2D eigenvalue weighted by molar-refractivity contribution is -0.254. The Labute approximate surface area is 158 Å². The van der Waals surface area contributed by atoms with E-state index in [1.807, 2.05) is 57.2 Å². The number of aliphatic hydroxyl groups excluding tert-OH is 4. The number of aliphatic hydroxyl groups is 4. The molecule has 4 N–H and O–H groups in total. The Bertz CT molecular complexity index is 753. The van der Waals surface area contributed by atoms with Crippen LogP contribution < -0.4 is 0 Å². The van der Waals surface area contributed by atoms with Crippen LogP contribution >= 0.6 is 0 Å². The Kier molecular flexibility index (Phi) is 5.69. The summed E-state index contributed by atoms with van der Waals surface area (Å²) in [5, 5.41) is 44.8. The van der Waals surface area contributed by atoms with Crippen molar-refractivity contribution in [1.29, 1.82) is 0 Å². The molecule has 0 radical (unpaired) electrons. The monoisotopic (exact) mass is 376 g/mol. The first-order valence-corrected chi connectivity index (χ1v) is 9.15. The van der Waals surface area contributed by atoms with Crippen molar-refractivity contribution in [2.24, 2.45) is 0 Å². The van der Waals surface area contributed by atoms with Gasteiger partial charge in [-0.3, -0.25) is 0 Å². The molecule has 27 heavy (non-hydrogen) atoms. The van der Waals surface area contributed by atoms with Gasteiger partial charge in [-0.15, -0.1) is 0 Å². The van der Waals surface area contributed by atoms with Crippen molar-refractivity contribution in [1.82, 2.24) is 9.78 Å². The van der Waals surface area contributed by atoms with E-state index < -0.39 is 37.3 Å². The number of nitrogens with zero attached hydrogens (tertiary/aromatic N) is 2. The van der Waals surface area contributed by atoms with E-state index in [0.29, 0.717) is 6.42 Å². The van der Waals surface area contributed by atoms with Gasteiger partial charge < -0.3 is 25.2 Å². The van der Waals surface area contributed by atoms with Crippen LogP contribution in [-0.2, 0) is 16.6 Å². The minimum Gasteiger partial charge on any atom is -0.394 e. The molecule has 0 aliphatic carbocycles. The van der Waals surface area contributed by atoms with Gasteiger partial charge in [0, 0.05) is 17.5 Å². The predicted molar refractivity (Wildman–Crippen MR) is 99.2 cm³/mol. The van der Waals surface area contributed by atoms with Crippen LogP contribution in [0.4, 0.5) is 0 Å². The van der Waals surface area contributed by atoms with E-state index in [1.54, 1.807) is 4.68 Å². The molecule has 1 saturated heterocycles. The maximum absolute atomic E-state index is 10.5. The summed E-state index contributed by atoms with van der Waals surface area (Å²) in [6.45, 7) is 5.65. The first kappa shape index (κ1) is 20.0. The molecule has 2 heterocycles. The third kappa shape index (κ3) is 4.07. The van der Waals surface area contributed by atoms with E-state index in [-0.39, 0.29) is 5.41 Å². The van der Waals surface area contributed by atoms with Crippen molar-refractivity contribution >= 4 is 0 Å². The lowest BCUT2D eigenvalue weighted by atomic mass is 9.92. The number of benzene rings is 1. The van der Waals surface area contributed by atoms with Crippen molar-refractivity contribution in [2.45, 2.75) is 63.3 Å². The van der Waals surface area contributed by atoms with Gasteiger partial charge in [-0.25, -0.2) is 4.68 Å². The average molecular weight is 376 g/mol. The van der Waals surface area contributed by atoms with Crippen LogP contribution in [0.15, 0.2) is 36.4 Å². The molecular formula is C20H28N2O5. The number of hydrogen-bond donors (Lipinski definition) is 4. The summed E-state index contributed by atoms with van der Waals surface area (Å²) in [5.74, 6) is 0. The fourth-order valence-electron chi connectivity index (χ4n) is 3.24. The Balaban J connectivity index is 2.01. The maximum Gasteiger partial charge on any atom is 0.179 e. The molecule has 1 aromatic carbocycles. The summed E-state index contributed by atoms with van der Waals surface area (Å²) < 4.78 is 7.28. The summed E-state index contributed by atoms with van der Waals surface area (Å²) >= 11 is 0. The van der Waals surface area contributed by atoms with Gasteiger partial charge in [-0.05, 0) is 11.6 Å². The molecule has 0 saturated carbocycles. The Morgan fingerprint density at radius 2 is 1.70 bits per heavy atom. The second-order valence-electron chi connectivity index (χ2n) is 8.10. The molecule has 3 rings (SSSR count). The van der Waals surface area contributed by atoms with Crippen molar-refractivity contribution in [2.75, 3.05) is 6.61 Å². The van der Waals surface area contributed by atoms with Gasteiger partial charge in [-0.1, -0.05) is 51.1 Å². The van der Waals surface area contributed by atoms with E-state index in [2.05, 4.69) is 5.10 Å². The second-order valence-corrected chi connectivity index (χ2v) is 8.10. The Morgan fingerprint density at radius 1 is 1.04 bits per heavy atom. The first-order valence-electron chi connectivity index (χ1n) is 9.15. The van der Waals surface area contributed by atoms with Crippen LogP contribution in [0.25, 0.3) is 0 Å². The molecule has 1 fully saturated rings. The molecule has 7 nitrogen and oxygen atoms in total.